The van der Waals surface area contributed by atoms with Gasteiger partial charge in [0.1, 0.15) is 4.75 Å². The lowest BCUT2D eigenvalue weighted by molar-refractivity contribution is -0.143. The third kappa shape index (κ3) is 1.60. The van der Waals surface area contributed by atoms with Crippen LogP contribution in [0, 0.1) is 5.92 Å². The lowest BCUT2D eigenvalue weighted by Gasteiger charge is -2.43. The average Bonchev–Trinajstić information content (AvgIpc) is 1.95. The first-order valence-corrected chi connectivity index (χ1v) is 5.50. The molecule has 1 saturated carbocycles. The van der Waals surface area contributed by atoms with Crippen LogP contribution in [0.2, 0.25) is 0 Å². The molecule has 1 aliphatic carbocycles. The molecule has 1 fully saturated rings. The predicted octanol–water partition coefficient (Wildman–Crippen LogP) is 2.38. The Bertz CT molecular complexity index is 173. The lowest BCUT2D eigenvalue weighted by atomic mass is 9.73. The second-order valence-electron chi connectivity index (χ2n) is 3.41. The number of rotatable bonds is 4. The van der Waals surface area contributed by atoms with Crippen LogP contribution in [-0.2, 0) is 4.79 Å². The molecule has 0 atom stereocenters. The fourth-order valence-corrected chi connectivity index (χ4v) is 3.18. The van der Waals surface area contributed by atoms with E-state index in [1.54, 1.807) is 11.8 Å². The monoisotopic (exact) mass is 188 g/mol. The minimum absolute atomic E-state index is 0.421. The van der Waals surface area contributed by atoms with Crippen LogP contribution in [0.4, 0.5) is 0 Å². The SMILES string of the molecule is CCSC1(C(=O)O)CC(CC)C1. The third-order valence-electron chi connectivity index (χ3n) is 2.62. The van der Waals surface area contributed by atoms with Gasteiger partial charge in [0.25, 0.3) is 0 Å². The van der Waals surface area contributed by atoms with E-state index in [1.807, 2.05) is 6.92 Å². The van der Waals surface area contributed by atoms with Gasteiger partial charge in [-0.05, 0) is 24.5 Å². The smallest absolute Gasteiger partial charge is 0.319 e. The molecule has 0 radical (unpaired) electrons. The van der Waals surface area contributed by atoms with E-state index in [0.29, 0.717) is 5.92 Å². The van der Waals surface area contributed by atoms with Crippen molar-refractivity contribution in [2.45, 2.75) is 37.9 Å². The highest BCUT2D eigenvalue weighted by Gasteiger charge is 2.49. The summed E-state index contributed by atoms with van der Waals surface area (Å²) in [5.41, 5.74) is 0. The maximum atomic E-state index is 10.9. The molecule has 0 aromatic heterocycles. The quantitative estimate of drug-likeness (QED) is 0.736. The summed E-state index contributed by atoms with van der Waals surface area (Å²) >= 11 is 1.59. The predicted molar refractivity (Wildman–Crippen MR) is 51.5 cm³/mol. The number of carboxylic acids is 1. The Morgan fingerprint density at radius 2 is 2.17 bits per heavy atom. The van der Waals surface area contributed by atoms with Crippen molar-refractivity contribution < 1.29 is 9.90 Å². The van der Waals surface area contributed by atoms with Gasteiger partial charge in [-0.25, -0.2) is 0 Å². The van der Waals surface area contributed by atoms with E-state index < -0.39 is 10.7 Å². The van der Waals surface area contributed by atoms with Crippen molar-refractivity contribution in [3.63, 3.8) is 0 Å². The number of aliphatic carboxylic acids is 1. The Labute approximate surface area is 77.7 Å². The molecule has 2 nitrogen and oxygen atoms in total. The van der Waals surface area contributed by atoms with Crippen LogP contribution in [0.25, 0.3) is 0 Å². The Hall–Kier alpha value is -0.180. The summed E-state index contributed by atoms with van der Waals surface area (Å²) in [4.78, 5) is 10.9. The van der Waals surface area contributed by atoms with Crippen molar-refractivity contribution in [1.29, 1.82) is 0 Å². The first-order chi connectivity index (χ1) is 5.64. The van der Waals surface area contributed by atoms with Gasteiger partial charge in [0.05, 0.1) is 0 Å². The topological polar surface area (TPSA) is 37.3 Å². The number of thioether (sulfide) groups is 1. The molecule has 0 aromatic carbocycles. The maximum Gasteiger partial charge on any atom is 0.319 e. The largest absolute Gasteiger partial charge is 0.480 e. The summed E-state index contributed by atoms with van der Waals surface area (Å²) in [6, 6.07) is 0. The summed E-state index contributed by atoms with van der Waals surface area (Å²) < 4.78 is -0.421. The Balaban J connectivity index is 2.49. The summed E-state index contributed by atoms with van der Waals surface area (Å²) in [6.45, 7) is 4.15. The first kappa shape index (κ1) is 9.90. The zero-order chi connectivity index (χ0) is 9.19. The summed E-state index contributed by atoms with van der Waals surface area (Å²) in [7, 11) is 0. The average molecular weight is 188 g/mol. The summed E-state index contributed by atoms with van der Waals surface area (Å²) in [5, 5.41) is 9.01. The van der Waals surface area contributed by atoms with E-state index in [-0.39, 0.29) is 0 Å². The van der Waals surface area contributed by atoms with Crippen molar-refractivity contribution in [2.75, 3.05) is 5.75 Å². The minimum atomic E-state index is -0.612. The van der Waals surface area contributed by atoms with Gasteiger partial charge < -0.3 is 5.11 Å². The second kappa shape index (κ2) is 3.69. The number of carboxylic acid groups (broad SMARTS) is 1. The Morgan fingerprint density at radius 3 is 2.50 bits per heavy atom. The highest BCUT2D eigenvalue weighted by atomic mass is 32.2. The molecule has 0 saturated heterocycles. The molecule has 70 valence electrons. The van der Waals surface area contributed by atoms with E-state index in [1.165, 1.54) is 0 Å². The summed E-state index contributed by atoms with van der Waals surface area (Å²) in [6.07, 6.45) is 2.87. The highest BCUT2D eigenvalue weighted by molar-refractivity contribution is 8.01. The van der Waals surface area contributed by atoms with Crippen molar-refractivity contribution >= 4 is 17.7 Å². The Kier molecular flexibility index (Phi) is 3.04. The third-order valence-corrected chi connectivity index (χ3v) is 3.97. The van der Waals surface area contributed by atoms with Crippen LogP contribution in [-0.4, -0.2) is 21.6 Å². The van der Waals surface area contributed by atoms with E-state index in [9.17, 15) is 4.79 Å². The van der Waals surface area contributed by atoms with Gasteiger partial charge in [-0.1, -0.05) is 20.3 Å². The van der Waals surface area contributed by atoms with Crippen LogP contribution < -0.4 is 0 Å². The van der Waals surface area contributed by atoms with Gasteiger partial charge in [-0.15, -0.1) is 11.8 Å². The van der Waals surface area contributed by atoms with E-state index in [0.717, 1.165) is 25.0 Å². The van der Waals surface area contributed by atoms with E-state index in [4.69, 9.17) is 5.11 Å². The number of hydrogen-bond acceptors (Lipinski definition) is 2. The molecule has 0 aliphatic heterocycles. The molecule has 1 rings (SSSR count). The van der Waals surface area contributed by atoms with E-state index in [2.05, 4.69) is 6.92 Å². The van der Waals surface area contributed by atoms with Crippen molar-refractivity contribution in [2.24, 2.45) is 5.92 Å². The maximum absolute atomic E-state index is 10.9. The van der Waals surface area contributed by atoms with Gasteiger partial charge >= 0.3 is 5.97 Å². The van der Waals surface area contributed by atoms with Gasteiger partial charge in [0.15, 0.2) is 0 Å². The fourth-order valence-electron chi connectivity index (χ4n) is 1.79. The van der Waals surface area contributed by atoms with E-state index >= 15 is 0 Å². The van der Waals surface area contributed by atoms with Crippen LogP contribution in [0.3, 0.4) is 0 Å². The fraction of sp³-hybridized carbons (Fsp3) is 0.889. The lowest BCUT2D eigenvalue weighted by Crippen LogP contribution is -2.47. The molecule has 0 unspecified atom stereocenters. The molecule has 12 heavy (non-hydrogen) atoms. The van der Waals surface area contributed by atoms with Crippen LogP contribution in [0.15, 0.2) is 0 Å². The molecule has 1 N–H and O–H groups in total. The molecule has 0 spiro atoms. The molecule has 1 aliphatic rings. The van der Waals surface area contributed by atoms with Gasteiger partial charge in [-0.3, -0.25) is 4.79 Å². The molecular weight excluding hydrogens is 172 g/mol. The summed E-state index contributed by atoms with van der Waals surface area (Å²) in [5.74, 6) is 0.946. The molecule has 0 heterocycles. The first-order valence-electron chi connectivity index (χ1n) is 4.52. The molecular formula is C9H16O2S. The van der Waals surface area contributed by atoms with Gasteiger partial charge in [-0.2, -0.15) is 0 Å². The normalized spacial score (nSPS) is 34.3. The van der Waals surface area contributed by atoms with Crippen molar-refractivity contribution in [3.8, 4) is 0 Å². The standard InChI is InChI=1S/C9H16O2S/c1-3-7-5-9(6-7,8(10)11)12-4-2/h7H,3-6H2,1-2H3,(H,10,11). The van der Waals surface area contributed by atoms with Crippen molar-refractivity contribution in [3.05, 3.63) is 0 Å². The highest BCUT2D eigenvalue weighted by Crippen LogP contribution is 2.49. The number of hydrogen-bond donors (Lipinski definition) is 1. The molecule has 0 amide bonds. The Morgan fingerprint density at radius 1 is 1.58 bits per heavy atom. The minimum Gasteiger partial charge on any atom is -0.480 e. The molecule has 3 heteroatoms. The second-order valence-corrected chi connectivity index (χ2v) is 5.06. The van der Waals surface area contributed by atoms with Crippen molar-refractivity contribution in [1.82, 2.24) is 0 Å². The van der Waals surface area contributed by atoms with Gasteiger partial charge in [0, 0.05) is 0 Å². The van der Waals surface area contributed by atoms with Crippen LogP contribution in [0.5, 0.6) is 0 Å². The van der Waals surface area contributed by atoms with Crippen LogP contribution >= 0.6 is 11.8 Å². The molecule has 0 aromatic rings. The van der Waals surface area contributed by atoms with Crippen LogP contribution in [0.1, 0.15) is 33.1 Å². The zero-order valence-electron chi connectivity index (χ0n) is 7.67. The van der Waals surface area contributed by atoms with Gasteiger partial charge in [0.2, 0.25) is 0 Å². The number of carbonyl (C=O) groups is 1. The zero-order valence-corrected chi connectivity index (χ0v) is 8.49. The molecule has 0 bridgehead atoms.